The highest BCUT2D eigenvalue weighted by molar-refractivity contribution is 9.10. The summed E-state index contributed by atoms with van der Waals surface area (Å²) in [4.78, 5) is 12.3. The van der Waals surface area contributed by atoms with Crippen LogP contribution in [-0.4, -0.2) is 27.2 Å². The van der Waals surface area contributed by atoms with Crippen LogP contribution in [0.1, 0.15) is 11.1 Å². The Balaban J connectivity index is 2.20. The van der Waals surface area contributed by atoms with Gasteiger partial charge in [-0.05, 0) is 58.3 Å². The fourth-order valence-electron chi connectivity index (χ4n) is 2.31. The van der Waals surface area contributed by atoms with E-state index in [-0.39, 0.29) is 5.91 Å². The molecule has 138 valence electrons. The summed E-state index contributed by atoms with van der Waals surface area (Å²) >= 11 is 9.50. The summed E-state index contributed by atoms with van der Waals surface area (Å²) in [7, 11) is 4.64. The lowest BCUT2D eigenvalue weighted by atomic mass is 10.1. The number of ether oxygens (including phenoxy) is 3. The fraction of sp³-hybridized carbons (Fsp3) is 0.211. The molecule has 1 amide bonds. The molecule has 1 N–H and O–H groups in total. The zero-order valence-electron chi connectivity index (χ0n) is 14.9. The minimum Gasteiger partial charge on any atom is -0.495 e. The molecular formula is C19H19BrClNO4. The number of carbonyl (C=O) groups excluding carboxylic acids is 1. The molecule has 0 unspecified atom stereocenters. The minimum atomic E-state index is -0.295. The summed E-state index contributed by atoms with van der Waals surface area (Å²) in [6, 6.07) is 7.04. The van der Waals surface area contributed by atoms with Crippen LogP contribution in [0.2, 0.25) is 5.02 Å². The molecule has 0 aromatic heterocycles. The van der Waals surface area contributed by atoms with Crippen molar-refractivity contribution in [2.75, 3.05) is 26.6 Å². The lowest BCUT2D eigenvalue weighted by Crippen LogP contribution is -2.09. The zero-order chi connectivity index (χ0) is 19.3. The van der Waals surface area contributed by atoms with Crippen molar-refractivity contribution in [1.82, 2.24) is 0 Å². The molecule has 0 fully saturated rings. The van der Waals surface area contributed by atoms with Gasteiger partial charge in [0.15, 0.2) is 11.5 Å². The molecule has 0 aliphatic heterocycles. The van der Waals surface area contributed by atoms with Gasteiger partial charge in [0.2, 0.25) is 5.91 Å². The number of benzene rings is 2. The molecule has 0 saturated heterocycles. The first-order valence-electron chi connectivity index (χ1n) is 7.64. The van der Waals surface area contributed by atoms with Crippen LogP contribution in [0.15, 0.2) is 34.8 Å². The molecule has 26 heavy (non-hydrogen) atoms. The average Bonchev–Trinajstić information content (AvgIpc) is 2.62. The molecule has 0 atom stereocenters. The first kappa shape index (κ1) is 20.1. The van der Waals surface area contributed by atoms with Crippen LogP contribution in [0.5, 0.6) is 17.2 Å². The van der Waals surface area contributed by atoms with Crippen LogP contribution >= 0.6 is 27.5 Å². The quantitative estimate of drug-likeness (QED) is 0.636. The molecule has 0 aliphatic rings. The van der Waals surface area contributed by atoms with E-state index in [0.29, 0.717) is 28.0 Å². The van der Waals surface area contributed by atoms with Gasteiger partial charge in [0.1, 0.15) is 5.75 Å². The minimum absolute atomic E-state index is 0.295. The predicted molar refractivity (Wildman–Crippen MR) is 108 cm³/mol. The Hall–Kier alpha value is -2.18. The number of nitrogens with one attached hydrogen (secondary N) is 1. The Morgan fingerprint density at radius 1 is 1.08 bits per heavy atom. The van der Waals surface area contributed by atoms with Crippen molar-refractivity contribution in [2.45, 2.75) is 6.92 Å². The number of anilines is 1. The number of methoxy groups -OCH3 is 3. The monoisotopic (exact) mass is 439 g/mol. The number of amides is 1. The van der Waals surface area contributed by atoms with E-state index in [1.807, 2.05) is 13.0 Å². The molecule has 2 aromatic rings. The smallest absolute Gasteiger partial charge is 0.248 e. The van der Waals surface area contributed by atoms with E-state index in [0.717, 1.165) is 15.6 Å². The molecule has 5 nitrogen and oxygen atoms in total. The van der Waals surface area contributed by atoms with Crippen molar-refractivity contribution in [3.05, 3.63) is 51.0 Å². The molecule has 0 radical (unpaired) electrons. The van der Waals surface area contributed by atoms with Crippen molar-refractivity contribution in [3.8, 4) is 17.2 Å². The van der Waals surface area contributed by atoms with Crippen molar-refractivity contribution >= 4 is 45.2 Å². The summed E-state index contributed by atoms with van der Waals surface area (Å²) in [5.41, 5.74) is 2.18. The number of halogens is 2. The summed E-state index contributed by atoms with van der Waals surface area (Å²) < 4.78 is 16.6. The molecule has 0 heterocycles. The Morgan fingerprint density at radius 3 is 2.38 bits per heavy atom. The van der Waals surface area contributed by atoms with Gasteiger partial charge in [-0.2, -0.15) is 0 Å². The van der Waals surface area contributed by atoms with Gasteiger partial charge in [-0.1, -0.05) is 11.6 Å². The van der Waals surface area contributed by atoms with Gasteiger partial charge in [0.25, 0.3) is 0 Å². The van der Waals surface area contributed by atoms with Gasteiger partial charge >= 0.3 is 0 Å². The van der Waals surface area contributed by atoms with Crippen molar-refractivity contribution < 1.29 is 19.0 Å². The first-order valence-corrected chi connectivity index (χ1v) is 8.81. The summed E-state index contributed by atoms with van der Waals surface area (Å²) in [6.07, 6.45) is 3.11. The Bertz CT molecular complexity index is 852. The Labute approximate surface area is 166 Å². The largest absolute Gasteiger partial charge is 0.495 e. The van der Waals surface area contributed by atoms with Crippen LogP contribution in [0.25, 0.3) is 6.08 Å². The van der Waals surface area contributed by atoms with E-state index in [4.69, 9.17) is 25.8 Å². The molecule has 0 spiro atoms. The maximum atomic E-state index is 12.3. The summed E-state index contributed by atoms with van der Waals surface area (Å²) in [6.45, 7) is 1.86. The summed E-state index contributed by atoms with van der Waals surface area (Å²) in [5, 5.41) is 3.36. The van der Waals surface area contributed by atoms with Gasteiger partial charge in [0, 0.05) is 17.2 Å². The molecule has 2 aromatic carbocycles. The highest BCUT2D eigenvalue weighted by Crippen LogP contribution is 2.36. The maximum Gasteiger partial charge on any atom is 0.248 e. The lowest BCUT2D eigenvalue weighted by Gasteiger charge is -2.11. The number of carbonyl (C=O) groups is 1. The van der Waals surface area contributed by atoms with Crippen LogP contribution in [0, 0.1) is 6.92 Å². The SMILES string of the molecule is COc1cc(Cl)c(C)cc1NC(=O)/C=C/c1cc(Br)c(OC)c(OC)c1. The van der Waals surface area contributed by atoms with Gasteiger partial charge in [-0.15, -0.1) is 0 Å². The van der Waals surface area contributed by atoms with E-state index in [9.17, 15) is 4.79 Å². The van der Waals surface area contributed by atoms with Crippen LogP contribution in [-0.2, 0) is 4.79 Å². The molecule has 2 rings (SSSR count). The lowest BCUT2D eigenvalue weighted by molar-refractivity contribution is -0.111. The number of aryl methyl sites for hydroxylation is 1. The third-order valence-electron chi connectivity index (χ3n) is 3.62. The second-order valence-electron chi connectivity index (χ2n) is 5.36. The highest BCUT2D eigenvalue weighted by atomic mass is 79.9. The normalized spacial score (nSPS) is 10.7. The third-order valence-corrected chi connectivity index (χ3v) is 4.62. The first-order chi connectivity index (χ1) is 12.4. The van der Waals surface area contributed by atoms with Crippen molar-refractivity contribution in [1.29, 1.82) is 0 Å². The molecule has 0 bridgehead atoms. The molecule has 0 aliphatic carbocycles. The number of hydrogen-bond acceptors (Lipinski definition) is 4. The van der Waals surface area contributed by atoms with Gasteiger partial charge < -0.3 is 19.5 Å². The van der Waals surface area contributed by atoms with Crippen LogP contribution in [0.3, 0.4) is 0 Å². The van der Waals surface area contributed by atoms with Gasteiger partial charge in [-0.25, -0.2) is 0 Å². The van der Waals surface area contributed by atoms with Gasteiger partial charge in [0.05, 0.1) is 31.5 Å². The molecular weight excluding hydrogens is 422 g/mol. The van der Waals surface area contributed by atoms with E-state index in [1.54, 1.807) is 38.5 Å². The van der Waals surface area contributed by atoms with E-state index < -0.39 is 0 Å². The van der Waals surface area contributed by atoms with Gasteiger partial charge in [-0.3, -0.25) is 4.79 Å². The second kappa shape index (κ2) is 8.96. The predicted octanol–water partition coefficient (Wildman–Crippen LogP) is 5.09. The molecule has 7 heteroatoms. The zero-order valence-corrected chi connectivity index (χ0v) is 17.2. The van der Waals surface area contributed by atoms with Crippen LogP contribution < -0.4 is 19.5 Å². The number of rotatable bonds is 6. The third kappa shape index (κ3) is 4.71. The van der Waals surface area contributed by atoms with Crippen molar-refractivity contribution in [3.63, 3.8) is 0 Å². The van der Waals surface area contributed by atoms with Crippen molar-refractivity contribution in [2.24, 2.45) is 0 Å². The fourth-order valence-corrected chi connectivity index (χ4v) is 3.09. The topological polar surface area (TPSA) is 56.8 Å². The van der Waals surface area contributed by atoms with E-state index >= 15 is 0 Å². The van der Waals surface area contributed by atoms with Crippen LogP contribution in [0.4, 0.5) is 5.69 Å². The number of hydrogen-bond donors (Lipinski definition) is 1. The average molecular weight is 441 g/mol. The van der Waals surface area contributed by atoms with E-state index in [2.05, 4.69) is 21.2 Å². The van der Waals surface area contributed by atoms with E-state index in [1.165, 1.54) is 13.2 Å². The Kier molecular flexibility index (Phi) is 6.94. The highest BCUT2D eigenvalue weighted by Gasteiger charge is 2.11. The molecule has 0 saturated carbocycles. The Morgan fingerprint density at radius 2 is 1.77 bits per heavy atom. The maximum absolute atomic E-state index is 12.3. The second-order valence-corrected chi connectivity index (χ2v) is 6.62. The standard InChI is InChI=1S/C19H19BrClNO4/c1-11-7-15(16(24-2)10-14(11)21)22-18(23)6-5-12-8-13(20)19(26-4)17(9-12)25-3/h5-10H,1-4H3,(H,22,23)/b6-5+. The summed E-state index contributed by atoms with van der Waals surface area (Å²) in [5.74, 6) is 1.36.